The van der Waals surface area contributed by atoms with Crippen molar-refractivity contribution in [2.75, 3.05) is 18.0 Å². The highest BCUT2D eigenvalue weighted by Gasteiger charge is 2.27. The van der Waals surface area contributed by atoms with Crippen LogP contribution in [-0.4, -0.2) is 29.3 Å². The molecule has 0 amide bonds. The number of nitrogens with one attached hydrogen (secondary N) is 1. The fourth-order valence-electron chi connectivity index (χ4n) is 3.38. The molecule has 0 saturated carbocycles. The summed E-state index contributed by atoms with van der Waals surface area (Å²) >= 11 is 0. The number of H-pyrrole nitrogens is 1. The minimum atomic E-state index is -0.107. The summed E-state index contributed by atoms with van der Waals surface area (Å²) in [4.78, 5) is 14.7. The third-order valence-electron chi connectivity index (χ3n) is 4.82. The lowest BCUT2D eigenvalue weighted by atomic mass is 9.88. The molecular weight excluding hydrogens is 302 g/mol. The van der Waals surface area contributed by atoms with Crippen LogP contribution in [0.25, 0.3) is 0 Å². The minimum absolute atomic E-state index is 0.0708. The molecule has 24 heavy (non-hydrogen) atoms. The molecular formula is C19H25N3O2. The van der Waals surface area contributed by atoms with E-state index < -0.39 is 0 Å². The van der Waals surface area contributed by atoms with Gasteiger partial charge in [-0.3, -0.25) is 9.89 Å². The van der Waals surface area contributed by atoms with Crippen LogP contribution in [0.1, 0.15) is 37.1 Å². The predicted octanol–water partition coefficient (Wildman–Crippen LogP) is 3.10. The number of aromatic amines is 1. The lowest BCUT2D eigenvalue weighted by Gasteiger charge is -2.25. The maximum absolute atomic E-state index is 12.5. The molecule has 1 aromatic carbocycles. The largest absolute Gasteiger partial charge is 0.461 e. The minimum Gasteiger partial charge on any atom is -0.461 e. The highest BCUT2D eigenvalue weighted by atomic mass is 16.5. The first-order valence-corrected chi connectivity index (χ1v) is 8.73. The van der Waals surface area contributed by atoms with Gasteiger partial charge in [-0.15, -0.1) is 0 Å². The van der Waals surface area contributed by atoms with Gasteiger partial charge < -0.3 is 9.64 Å². The summed E-state index contributed by atoms with van der Waals surface area (Å²) < 4.78 is 5.64. The Hall–Kier alpha value is -2.30. The van der Waals surface area contributed by atoms with Crippen LogP contribution in [-0.2, 0) is 29.0 Å². The van der Waals surface area contributed by atoms with Gasteiger partial charge in [0.05, 0.1) is 12.1 Å². The molecule has 0 spiro atoms. The van der Waals surface area contributed by atoms with E-state index in [2.05, 4.69) is 35.0 Å². The van der Waals surface area contributed by atoms with Gasteiger partial charge in [-0.2, -0.15) is 5.10 Å². The molecule has 1 aliphatic rings. The van der Waals surface area contributed by atoms with Gasteiger partial charge in [-0.25, -0.2) is 0 Å². The Morgan fingerprint density at radius 2 is 2.12 bits per heavy atom. The average Bonchev–Trinajstić information content (AvgIpc) is 3.09. The molecule has 1 atom stereocenters. The Morgan fingerprint density at radius 3 is 2.92 bits per heavy atom. The topological polar surface area (TPSA) is 58.2 Å². The van der Waals surface area contributed by atoms with Gasteiger partial charge in [0, 0.05) is 36.5 Å². The van der Waals surface area contributed by atoms with Crippen LogP contribution in [0.3, 0.4) is 0 Å². The number of fused-ring (bicyclic) bond motifs is 1. The number of hydrogen-bond donors (Lipinski definition) is 1. The number of rotatable bonds is 6. The smallest absolute Gasteiger partial charge is 0.309 e. The molecule has 0 radical (unpaired) electrons. The number of esters is 1. The van der Waals surface area contributed by atoms with Crippen molar-refractivity contribution in [3.8, 4) is 0 Å². The molecule has 1 heterocycles. The number of ether oxygens (including phenoxy) is 1. The normalized spacial score (nSPS) is 16.5. The first-order chi connectivity index (χ1) is 11.7. The first-order valence-electron chi connectivity index (χ1n) is 8.73. The molecule has 0 saturated heterocycles. The van der Waals surface area contributed by atoms with Crippen molar-refractivity contribution in [1.29, 1.82) is 0 Å². The molecule has 5 heteroatoms. The average molecular weight is 327 g/mol. The van der Waals surface area contributed by atoms with E-state index in [0.29, 0.717) is 13.0 Å². The van der Waals surface area contributed by atoms with E-state index in [0.717, 1.165) is 42.9 Å². The fraction of sp³-hybridized carbons (Fsp3) is 0.474. The Morgan fingerprint density at radius 1 is 1.33 bits per heavy atom. The predicted molar refractivity (Wildman–Crippen MR) is 93.9 cm³/mol. The van der Waals surface area contributed by atoms with Crippen LogP contribution in [0.15, 0.2) is 30.5 Å². The van der Waals surface area contributed by atoms with E-state index in [4.69, 9.17) is 4.74 Å². The standard InChI is InChI=1S/C19H25N3O2/c1-3-22(4-2)18-8-6-5-7-16(18)13-24-19(23)14-9-10-15-12-20-21-17(15)11-14/h5-8,12,14H,3-4,9-11,13H2,1-2H3,(H,20,21)/t14-/m0/s1. The molecule has 0 aliphatic heterocycles. The fourth-order valence-corrected chi connectivity index (χ4v) is 3.38. The zero-order valence-electron chi connectivity index (χ0n) is 14.4. The van der Waals surface area contributed by atoms with E-state index in [9.17, 15) is 4.79 Å². The van der Waals surface area contributed by atoms with Crippen LogP contribution in [0.5, 0.6) is 0 Å². The Kier molecular flexibility index (Phi) is 5.18. The van der Waals surface area contributed by atoms with Crippen molar-refractivity contribution in [2.45, 2.75) is 39.7 Å². The number of aromatic nitrogens is 2. The second kappa shape index (κ2) is 7.51. The number of carbonyl (C=O) groups excluding carboxylic acids is 1. The third kappa shape index (κ3) is 3.45. The maximum Gasteiger partial charge on any atom is 0.309 e. The Labute approximate surface area is 143 Å². The number of anilines is 1. The summed E-state index contributed by atoms with van der Waals surface area (Å²) in [7, 11) is 0. The van der Waals surface area contributed by atoms with Crippen LogP contribution >= 0.6 is 0 Å². The highest BCUT2D eigenvalue weighted by molar-refractivity contribution is 5.73. The summed E-state index contributed by atoms with van der Waals surface area (Å²) in [5.74, 6) is -0.178. The molecule has 1 aliphatic carbocycles. The van der Waals surface area contributed by atoms with Gasteiger partial charge in [0.15, 0.2) is 0 Å². The zero-order chi connectivity index (χ0) is 16.9. The Balaban J connectivity index is 1.63. The van der Waals surface area contributed by atoms with Gasteiger partial charge in [-0.05, 0) is 38.3 Å². The van der Waals surface area contributed by atoms with Gasteiger partial charge >= 0.3 is 5.97 Å². The summed E-state index contributed by atoms with van der Waals surface area (Å²) in [6.45, 7) is 6.48. The van der Waals surface area contributed by atoms with E-state index >= 15 is 0 Å². The second-order valence-corrected chi connectivity index (χ2v) is 6.22. The molecule has 0 bridgehead atoms. The van der Waals surface area contributed by atoms with Gasteiger partial charge in [0.1, 0.15) is 6.61 Å². The van der Waals surface area contributed by atoms with Crippen LogP contribution in [0.4, 0.5) is 5.69 Å². The maximum atomic E-state index is 12.5. The summed E-state index contributed by atoms with van der Waals surface area (Å²) in [5, 5.41) is 7.05. The van der Waals surface area contributed by atoms with Gasteiger partial charge in [-0.1, -0.05) is 18.2 Å². The highest BCUT2D eigenvalue weighted by Crippen LogP contribution is 2.26. The zero-order valence-corrected chi connectivity index (χ0v) is 14.4. The molecule has 0 unspecified atom stereocenters. The van der Waals surface area contributed by atoms with Crippen LogP contribution < -0.4 is 4.90 Å². The van der Waals surface area contributed by atoms with Crippen molar-refractivity contribution < 1.29 is 9.53 Å². The molecule has 3 rings (SSSR count). The lowest BCUT2D eigenvalue weighted by Crippen LogP contribution is -2.26. The van der Waals surface area contributed by atoms with E-state index in [1.54, 1.807) is 0 Å². The van der Waals surface area contributed by atoms with Gasteiger partial charge in [0.2, 0.25) is 0 Å². The van der Waals surface area contributed by atoms with E-state index in [1.807, 2.05) is 24.4 Å². The lowest BCUT2D eigenvalue weighted by molar-refractivity contribution is -0.150. The van der Waals surface area contributed by atoms with Crippen molar-refractivity contribution in [3.05, 3.63) is 47.3 Å². The van der Waals surface area contributed by atoms with Crippen LogP contribution in [0, 0.1) is 5.92 Å². The molecule has 0 fully saturated rings. The molecule has 1 N–H and O–H groups in total. The van der Waals surface area contributed by atoms with E-state index in [-0.39, 0.29) is 11.9 Å². The quantitative estimate of drug-likeness (QED) is 0.828. The number of para-hydroxylation sites is 1. The first kappa shape index (κ1) is 16.6. The Bertz CT molecular complexity index is 691. The van der Waals surface area contributed by atoms with Crippen LogP contribution in [0.2, 0.25) is 0 Å². The van der Waals surface area contributed by atoms with Gasteiger partial charge in [0.25, 0.3) is 0 Å². The SMILES string of the molecule is CCN(CC)c1ccccc1COC(=O)[C@H]1CCc2cn[nH]c2C1. The number of nitrogens with zero attached hydrogens (tertiary/aromatic N) is 2. The third-order valence-corrected chi connectivity index (χ3v) is 4.82. The number of carbonyl (C=O) groups is 1. The molecule has 1 aromatic heterocycles. The van der Waals surface area contributed by atoms with Crippen molar-refractivity contribution in [3.63, 3.8) is 0 Å². The second-order valence-electron chi connectivity index (χ2n) is 6.22. The summed E-state index contributed by atoms with van der Waals surface area (Å²) in [5.41, 5.74) is 4.51. The van der Waals surface area contributed by atoms with E-state index in [1.165, 1.54) is 5.56 Å². The van der Waals surface area contributed by atoms with Crippen molar-refractivity contribution in [1.82, 2.24) is 10.2 Å². The number of aryl methyl sites for hydroxylation is 1. The molecule has 5 nitrogen and oxygen atoms in total. The molecule has 128 valence electrons. The molecule has 2 aromatic rings. The number of hydrogen-bond acceptors (Lipinski definition) is 4. The summed E-state index contributed by atoms with van der Waals surface area (Å²) in [6, 6.07) is 8.15. The number of benzene rings is 1. The van der Waals surface area contributed by atoms with Crippen molar-refractivity contribution >= 4 is 11.7 Å². The monoisotopic (exact) mass is 327 g/mol. The summed E-state index contributed by atoms with van der Waals surface area (Å²) in [6.07, 6.45) is 4.29. The van der Waals surface area contributed by atoms with Crippen molar-refractivity contribution in [2.24, 2.45) is 5.92 Å².